The van der Waals surface area contributed by atoms with Gasteiger partial charge in [0.15, 0.2) is 0 Å². The van der Waals surface area contributed by atoms with Gasteiger partial charge in [-0.25, -0.2) is 0 Å². The molecule has 0 saturated heterocycles. The molecular weight excluding hydrogens is 262 g/mol. The van der Waals surface area contributed by atoms with Gasteiger partial charge in [-0.15, -0.1) is 0 Å². The maximum Gasteiger partial charge on any atom is 0.0914 e. The van der Waals surface area contributed by atoms with Crippen molar-refractivity contribution in [2.45, 2.75) is 77.5 Å². The standard InChI is InChI=1S/C17H31N3O/c1-4-16(5-2)20-11-8-15(19-20)12-21-17(13-18)9-6-14(3)7-10-17/h8,11,14,16H,4-7,9-10,12-13,18H2,1-3H3. The summed E-state index contributed by atoms with van der Waals surface area (Å²) in [6, 6.07) is 2.58. The van der Waals surface area contributed by atoms with Gasteiger partial charge in [-0.2, -0.15) is 5.10 Å². The second-order valence-electron chi connectivity index (χ2n) is 6.62. The van der Waals surface area contributed by atoms with Crippen molar-refractivity contribution >= 4 is 0 Å². The molecule has 0 amide bonds. The van der Waals surface area contributed by atoms with Crippen LogP contribution in [0.1, 0.15) is 71.0 Å². The van der Waals surface area contributed by atoms with E-state index in [-0.39, 0.29) is 5.60 Å². The molecule has 21 heavy (non-hydrogen) atoms. The maximum absolute atomic E-state index is 6.21. The van der Waals surface area contributed by atoms with Crippen LogP contribution in [0.2, 0.25) is 0 Å². The minimum Gasteiger partial charge on any atom is -0.367 e. The van der Waals surface area contributed by atoms with E-state index in [0.717, 1.165) is 37.3 Å². The van der Waals surface area contributed by atoms with Crippen molar-refractivity contribution in [3.05, 3.63) is 18.0 Å². The number of ether oxygens (including phenoxy) is 1. The Morgan fingerprint density at radius 3 is 2.62 bits per heavy atom. The molecule has 1 aliphatic carbocycles. The van der Waals surface area contributed by atoms with Gasteiger partial charge in [0, 0.05) is 12.7 Å². The van der Waals surface area contributed by atoms with Gasteiger partial charge < -0.3 is 10.5 Å². The lowest BCUT2D eigenvalue weighted by Gasteiger charge is -2.38. The molecule has 1 aromatic heterocycles. The van der Waals surface area contributed by atoms with Gasteiger partial charge in [0.2, 0.25) is 0 Å². The predicted octanol–water partition coefficient (Wildman–Crippen LogP) is 3.67. The molecule has 0 unspecified atom stereocenters. The normalized spacial score (nSPS) is 26.4. The van der Waals surface area contributed by atoms with E-state index in [4.69, 9.17) is 10.5 Å². The van der Waals surface area contributed by atoms with Gasteiger partial charge in [0.1, 0.15) is 0 Å². The van der Waals surface area contributed by atoms with Crippen molar-refractivity contribution in [1.29, 1.82) is 0 Å². The average molecular weight is 293 g/mol. The zero-order chi connectivity index (χ0) is 15.3. The summed E-state index contributed by atoms with van der Waals surface area (Å²) in [5, 5.41) is 4.67. The summed E-state index contributed by atoms with van der Waals surface area (Å²) in [6.45, 7) is 7.93. The molecule has 1 fully saturated rings. The van der Waals surface area contributed by atoms with Crippen LogP contribution in [0.5, 0.6) is 0 Å². The monoisotopic (exact) mass is 293 g/mol. The van der Waals surface area contributed by atoms with Gasteiger partial charge in [0.05, 0.1) is 23.9 Å². The summed E-state index contributed by atoms with van der Waals surface area (Å²) in [6.07, 6.45) is 8.91. The average Bonchev–Trinajstić information content (AvgIpc) is 2.97. The van der Waals surface area contributed by atoms with Gasteiger partial charge >= 0.3 is 0 Å². The third kappa shape index (κ3) is 4.07. The molecule has 4 nitrogen and oxygen atoms in total. The Bertz CT molecular complexity index is 417. The minimum absolute atomic E-state index is 0.120. The first-order chi connectivity index (χ1) is 10.1. The molecule has 1 heterocycles. The third-order valence-corrected chi connectivity index (χ3v) is 5.06. The lowest BCUT2D eigenvalue weighted by Crippen LogP contribution is -2.43. The van der Waals surface area contributed by atoms with Crippen LogP contribution in [0.4, 0.5) is 0 Å². The lowest BCUT2D eigenvalue weighted by atomic mass is 9.79. The molecule has 0 bridgehead atoms. The third-order valence-electron chi connectivity index (χ3n) is 5.06. The SMILES string of the molecule is CCC(CC)n1ccc(COC2(CN)CCC(C)CC2)n1. The maximum atomic E-state index is 6.21. The van der Waals surface area contributed by atoms with Crippen LogP contribution in [0.3, 0.4) is 0 Å². The van der Waals surface area contributed by atoms with Gasteiger partial charge in [-0.1, -0.05) is 20.8 Å². The van der Waals surface area contributed by atoms with Crippen LogP contribution < -0.4 is 5.73 Å². The van der Waals surface area contributed by atoms with E-state index in [2.05, 4.69) is 42.8 Å². The van der Waals surface area contributed by atoms with E-state index in [9.17, 15) is 0 Å². The van der Waals surface area contributed by atoms with E-state index < -0.39 is 0 Å². The summed E-state index contributed by atoms with van der Waals surface area (Å²) in [5.74, 6) is 0.808. The highest BCUT2D eigenvalue weighted by Gasteiger charge is 2.34. The van der Waals surface area contributed by atoms with E-state index in [0.29, 0.717) is 19.2 Å². The number of rotatable bonds is 7. The van der Waals surface area contributed by atoms with Gasteiger partial charge in [-0.05, 0) is 50.5 Å². The fourth-order valence-electron chi connectivity index (χ4n) is 3.24. The number of nitrogens with zero attached hydrogens (tertiary/aromatic N) is 2. The van der Waals surface area contributed by atoms with E-state index in [1.165, 1.54) is 12.8 Å². The predicted molar refractivity (Wildman–Crippen MR) is 86.1 cm³/mol. The number of hydrogen-bond acceptors (Lipinski definition) is 3. The first-order valence-electron chi connectivity index (χ1n) is 8.50. The molecular formula is C17H31N3O. The minimum atomic E-state index is -0.120. The number of nitrogens with two attached hydrogens (primary N) is 1. The summed E-state index contributed by atoms with van der Waals surface area (Å²) < 4.78 is 8.29. The second-order valence-corrected chi connectivity index (χ2v) is 6.62. The van der Waals surface area contributed by atoms with Crippen molar-refractivity contribution in [3.63, 3.8) is 0 Å². The van der Waals surface area contributed by atoms with E-state index in [1.54, 1.807) is 0 Å². The van der Waals surface area contributed by atoms with Gasteiger partial charge in [0.25, 0.3) is 0 Å². The largest absolute Gasteiger partial charge is 0.367 e. The highest BCUT2D eigenvalue weighted by Crippen LogP contribution is 2.34. The molecule has 0 spiro atoms. The van der Waals surface area contributed by atoms with Crippen molar-refractivity contribution < 1.29 is 4.74 Å². The van der Waals surface area contributed by atoms with E-state index >= 15 is 0 Å². The van der Waals surface area contributed by atoms with Crippen LogP contribution in [0.25, 0.3) is 0 Å². The number of hydrogen-bond donors (Lipinski definition) is 1. The van der Waals surface area contributed by atoms with Crippen LogP contribution in [-0.4, -0.2) is 21.9 Å². The zero-order valence-corrected chi connectivity index (χ0v) is 13.8. The Kier molecular flexibility index (Phi) is 5.82. The van der Waals surface area contributed by atoms with E-state index in [1.807, 2.05) is 0 Å². The molecule has 0 aromatic carbocycles. The van der Waals surface area contributed by atoms with Crippen LogP contribution >= 0.6 is 0 Å². The Labute approximate surface area is 129 Å². The Morgan fingerprint density at radius 1 is 1.38 bits per heavy atom. The molecule has 1 saturated carbocycles. The number of aromatic nitrogens is 2. The van der Waals surface area contributed by atoms with Crippen molar-refractivity contribution in [1.82, 2.24) is 9.78 Å². The molecule has 0 atom stereocenters. The lowest BCUT2D eigenvalue weighted by molar-refractivity contribution is -0.0811. The molecule has 1 aliphatic rings. The van der Waals surface area contributed by atoms with Crippen LogP contribution in [-0.2, 0) is 11.3 Å². The fourth-order valence-corrected chi connectivity index (χ4v) is 3.24. The molecule has 0 radical (unpaired) electrons. The second kappa shape index (κ2) is 7.41. The molecule has 1 aromatic rings. The molecule has 2 N–H and O–H groups in total. The summed E-state index contributed by atoms with van der Waals surface area (Å²) in [4.78, 5) is 0. The highest BCUT2D eigenvalue weighted by molar-refractivity contribution is 4.99. The fraction of sp³-hybridized carbons (Fsp3) is 0.824. The molecule has 2 rings (SSSR count). The van der Waals surface area contributed by atoms with Crippen molar-refractivity contribution in [2.24, 2.45) is 11.7 Å². The Hall–Kier alpha value is -0.870. The molecule has 0 aliphatic heterocycles. The Balaban J connectivity index is 1.92. The Morgan fingerprint density at radius 2 is 2.05 bits per heavy atom. The smallest absolute Gasteiger partial charge is 0.0914 e. The first kappa shape index (κ1) is 16.5. The molecule has 4 heteroatoms. The quantitative estimate of drug-likeness (QED) is 0.834. The van der Waals surface area contributed by atoms with Gasteiger partial charge in [-0.3, -0.25) is 4.68 Å². The highest BCUT2D eigenvalue weighted by atomic mass is 16.5. The molecule has 120 valence electrons. The summed E-state index contributed by atoms with van der Waals surface area (Å²) >= 11 is 0. The van der Waals surface area contributed by atoms with Crippen LogP contribution in [0, 0.1) is 5.92 Å². The van der Waals surface area contributed by atoms with Crippen LogP contribution in [0.15, 0.2) is 12.3 Å². The zero-order valence-electron chi connectivity index (χ0n) is 13.8. The first-order valence-corrected chi connectivity index (χ1v) is 8.50. The van der Waals surface area contributed by atoms with Crippen molar-refractivity contribution in [2.75, 3.05) is 6.54 Å². The summed E-state index contributed by atoms with van der Waals surface area (Å²) in [5.41, 5.74) is 6.90. The topological polar surface area (TPSA) is 53.1 Å². The summed E-state index contributed by atoms with van der Waals surface area (Å²) in [7, 11) is 0. The van der Waals surface area contributed by atoms with Crippen molar-refractivity contribution in [3.8, 4) is 0 Å².